The summed E-state index contributed by atoms with van der Waals surface area (Å²) in [5.74, 6) is 0.910. The van der Waals surface area contributed by atoms with Crippen LogP contribution in [0.25, 0.3) is 0 Å². The Bertz CT molecular complexity index is 526. The number of anilines is 1. The largest absolute Gasteiger partial charge is 0.378 e. The fourth-order valence-electron chi connectivity index (χ4n) is 3.12. The van der Waals surface area contributed by atoms with Gasteiger partial charge in [0.05, 0.1) is 0 Å². The molecule has 0 aliphatic carbocycles. The summed E-state index contributed by atoms with van der Waals surface area (Å²) in [5.41, 5.74) is 2.63. The van der Waals surface area contributed by atoms with Crippen LogP contribution in [0.15, 0.2) is 29.3 Å². The number of benzene rings is 1. The van der Waals surface area contributed by atoms with Crippen LogP contribution in [0.2, 0.25) is 0 Å². The average Bonchev–Trinajstić information content (AvgIpc) is 2.68. The van der Waals surface area contributed by atoms with Gasteiger partial charge in [-0.05, 0) is 69.9 Å². The van der Waals surface area contributed by atoms with E-state index >= 15 is 0 Å². The maximum atomic E-state index is 4.36. The van der Waals surface area contributed by atoms with Gasteiger partial charge in [-0.15, -0.1) is 24.0 Å². The highest BCUT2D eigenvalue weighted by Gasteiger charge is 2.06. The average molecular weight is 504 g/mol. The van der Waals surface area contributed by atoms with Crippen LogP contribution >= 0.6 is 24.0 Å². The van der Waals surface area contributed by atoms with Crippen molar-refractivity contribution < 1.29 is 0 Å². The van der Waals surface area contributed by atoms with E-state index in [1.807, 2.05) is 7.05 Å². The Hall–Kier alpha value is -1.02. The van der Waals surface area contributed by atoms with Crippen LogP contribution in [0, 0.1) is 0 Å². The molecule has 1 rings (SSSR count). The van der Waals surface area contributed by atoms with Gasteiger partial charge in [-0.1, -0.05) is 26.0 Å². The second kappa shape index (κ2) is 15.9. The first-order valence-corrected chi connectivity index (χ1v) is 10.5. The maximum absolute atomic E-state index is 4.36. The number of hydrogen-bond donors (Lipinski definition) is 2. The van der Waals surface area contributed by atoms with E-state index in [4.69, 9.17) is 0 Å². The molecule has 28 heavy (non-hydrogen) atoms. The van der Waals surface area contributed by atoms with E-state index < -0.39 is 0 Å². The van der Waals surface area contributed by atoms with Crippen molar-refractivity contribution in [2.45, 2.75) is 52.5 Å². The fraction of sp³-hybridized carbons (Fsp3) is 0.682. The predicted molar refractivity (Wildman–Crippen MR) is 135 cm³/mol. The summed E-state index contributed by atoms with van der Waals surface area (Å²) < 4.78 is 0. The standard InChI is InChI=1S/C22H41N5.HI/c1-7-27(8-2)18-10-11-19(3)25-22(23-4)24-17-9-12-20-13-15-21(16-14-20)26(5)6;/h13-16,19H,7-12,17-18H2,1-6H3,(H2,23,24,25);1H. The zero-order chi connectivity index (χ0) is 20.1. The quantitative estimate of drug-likeness (QED) is 0.196. The zero-order valence-corrected chi connectivity index (χ0v) is 21.1. The van der Waals surface area contributed by atoms with E-state index in [9.17, 15) is 0 Å². The van der Waals surface area contributed by atoms with E-state index in [-0.39, 0.29) is 24.0 Å². The summed E-state index contributed by atoms with van der Waals surface area (Å²) in [4.78, 5) is 8.96. The number of aliphatic imine (C=N–C) groups is 1. The molecule has 1 aromatic carbocycles. The molecule has 0 aromatic heterocycles. The van der Waals surface area contributed by atoms with Crippen molar-refractivity contribution in [2.24, 2.45) is 4.99 Å². The highest BCUT2D eigenvalue weighted by Crippen LogP contribution is 2.13. The SMILES string of the molecule is CCN(CC)CCCC(C)NC(=NC)NCCCc1ccc(N(C)C)cc1.I. The number of hydrogen-bond acceptors (Lipinski definition) is 3. The van der Waals surface area contributed by atoms with Crippen LogP contribution in [0.5, 0.6) is 0 Å². The molecule has 0 fully saturated rings. The first kappa shape index (κ1) is 27.0. The van der Waals surface area contributed by atoms with Crippen molar-refractivity contribution in [3.05, 3.63) is 29.8 Å². The molecule has 0 aliphatic heterocycles. The summed E-state index contributed by atoms with van der Waals surface area (Å²) in [7, 11) is 5.99. The molecule has 1 atom stereocenters. The minimum Gasteiger partial charge on any atom is -0.378 e. The Labute approximate surface area is 190 Å². The van der Waals surface area contributed by atoms with E-state index in [0.717, 1.165) is 44.9 Å². The normalized spacial score (nSPS) is 12.5. The molecule has 5 nitrogen and oxygen atoms in total. The third kappa shape index (κ3) is 11.1. The molecule has 1 aromatic rings. The number of rotatable bonds is 12. The van der Waals surface area contributed by atoms with Crippen LogP contribution in [0.3, 0.4) is 0 Å². The van der Waals surface area contributed by atoms with Gasteiger partial charge in [0.1, 0.15) is 0 Å². The molecule has 0 saturated heterocycles. The molecule has 0 heterocycles. The monoisotopic (exact) mass is 503 g/mol. The number of guanidine groups is 1. The van der Waals surface area contributed by atoms with Crippen LogP contribution in [0.4, 0.5) is 5.69 Å². The van der Waals surface area contributed by atoms with Gasteiger partial charge >= 0.3 is 0 Å². The molecular formula is C22H42IN5. The Kier molecular flexibility index (Phi) is 15.3. The van der Waals surface area contributed by atoms with Gasteiger partial charge in [0, 0.05) is 39.4 Å². The lowest BCUT2D eigenvalue weighted by molar-refractivity contribution is 0.292. The molecule has 2 N–H and O–H groups in total. The Morgan fingerprint density at radius 2 is 1.71 bits per heavy atom. The van der Waals surface area contributed by atoms with Gasteiger partial charge in [0.25, 0.3) is 0 Å². The maximum Gasteiger partial charge on any atom is 0.191 e. The van der Waals surface area contributed by atoms with Crippen molar-refractivity contribution >= 4 is 35.6 Å². The van der Waals surface area contributed by atoms with Gasteiger partial charge in [-0.3, -0.25) is 4.99 Å². The molecule has 0 spiro atoms. The third-order valence-corrected chi connectivity index (χ3v) is 5.00. The third-order valence-electron chi connectivity index (χ3n) is 5.00. The summed E-state index contributed by atoms with van der Waals surface area (Å²) >= 11 is 0. The molecule has 0 aliphatic rings. The number of halogens is 1. The summed E-state index contributed by atoms with van der Waals surface area (Å²) in [6, 6.07) is 9.25. The predicted octanol–water partition coefficient (Wildman–Crippen LogP) is 3.98. The van der Waals surface area contributed by atoms with Crippen LogP contribution in [-0.2, 0) is 6.42 Å². The van der Waals surface area contributed by atoms with E-state index in [1.54, 1.807) is 0 Å². The highest BCUT2D eigenvalue weighted by atomic mass is 127. The minimum absolute atomic E-state index is 0. The fourth-order valence-corrected chi connectivity index (χ4v) is 3.12. The Morgan fingerprint density at radius 3 is 2.25 bits per heavy atom. The molecule has 0 bridgehead atoms. The molecule has 0 radical (unpaired) electrons. The van der Waals surface area contributed by atoms with Crippen LogP contribution in [-0.4, -0.2) is 64.2 Å². The van der Waals surface area contributed by atoms with Gasteiger partial charge in [0.15, 0.2) is 5.96 Å². The first-order chi connectivity index (χ1) is 13.0. The van der Waals surface area contributed by atoms with Crippen molar-refractivity contribution in [1.82, 2.24) is 15.5 Å². The second-order valence-electron chi connectivity index (χ2n) is 7.38. The van der Waals surface area contributed by atoms with Crippen LogP contribution < -0.4 is 15.5 Å². The second-order valence-corrected chi connectivity index (χ2v) is 7.38. The van der Waals surface area contributed by atoms with E-state index in [2.05, 4.69) is 84.6 Å². The number of aryl methyl sites for hydroxylation is 1. The van der Waals surface area contributed by atoms with Crippen molar-refractivity contribution in [3.63, 3.8) is 0 Å². The Morgan fingerprint density at radius 1 is 1.07 bits per heavy atom. The zero-order valence-electron chi connectivity index (χ0n) is 18.8. The Balaban J connectivity index is 0.00000729. The van der Waals surface area contributed by atoms with Gasteiger partial charge < -0.3 is 20.4 Å². The molecule has 162 valence electrons. The van der Waals surface area contributed by atoms with Crippen LogP contribution in [0.1, 0.15) is 45.6 Å². The summed E-state index contributed by atoms with van der Waals surface area (Å²) in [6.45, 7) is 11.1. The highest BCUT2D eigenvalue weighted by molar-refractivity contribution is 14.0. The van der Waals surface area contributed by atoms with E-state index in [0.29, 0.717) is 6.04 Å². The number of nitrogens with zero attached hydrogens (tertiary/aromatic N) is 3. The van der Waals surface area contributed by atoms with Crippen molar-refractivity contribution in [1.29, 1.82) is 0 Å². The van der Waals surface area contributed by atoms with Gasteiger partial charge in [-0.2, -0.15) is 0 Å². The van der Waals surface area contributed by atoms with Gasteiger partial charge in [-0.25, -0.2) is 0 Å². The lowest BCUT2D eigenvalue weighted by Gasteiger charge is -2.21. The lowest BCUT2D eigenvalue weighted by atomic mass is 10.1. The minimum atomic E-state index is 0. The molecular weight excluding hydrogens is 461 g/mol. The van der Waals surface area contributed by atoms with Crippen molar-refractivity contribution in [3.8, 4) is 0 Å². The summed E-state index contributed by atoms with van der Waals surface area (Å²) in [6.07, 6.45) is 4.56. The van der Waals surface area contributed by atoms with Crippen molar-refractivity contribution in [2.75, 3.05) is 52.2 Å². The molecule has 6 heteroatoms. The summed E-state index contributed by atoms with van der Waals surface area (Å²) in [5, 5.41) is 6.95. The topological polar surface area (TPSA) is 42.9 Å². The molecule has 0 amide bonds. The molecule has 1 unspecified atom stereocenters. The molecule has 0 saturated carbocycles. The first-order valence-electron chi connectivity index (χ1n) is 10.5. The lowest BCUT2D eigenvalue weighted by Crippen LogP contribution is -2.42. The smallest absolute Gasteiger partial charge is 0.191 e. The van der Waals surface area contributed by atoms with E-state index in [1.165, 1.54) is 24.2 Å². The number of nitrogens with one attached hydrogen (secondary N) is 2. The van der Waals surface area contributed by atoms with Gasteiger partial charge in [0.2, 0.25) is 0 Å².